The lowest BCUT2D eigenvalue weighted by Crippen LogP contribution is -2.11. The summed E-state index contributed by atoms with van der Waals surface area (Å²) in [6.45, 7) is 18.2. The van der Waals surface area contributed by atoms with E-state index in [0.29, 0.717) is 11.7 Å². The Balaban J connectivity index is 1.78. The fourth-order valence-electron chi connectivity index (χ4n) is 3.19. The molecule has 3 rings (SSSR count). The Hall–Kier alpha value is -3.65. The van der Waals surface area contributed by atoms with Gasteiger partial charge in [-0.15, -0.1) is 0 Å². The highest BCUT2D eigenvalue weighted by Gasteiger charge is 2.14. The Labute approximate surface area is 186 Å². The molecule has 0 N–H and O–H groups in total. The van der Waals surface area contributed by atoms with E-state index in [0.717, 1.165) is 27.8 Å². The molecule has 2 heteroatoms. The van der Waals surface area contributed by atoms with E-state index in [1.54, 1.807) is 0 Å². The van der Waals surface area contributed by atoms with Gasteiger partial charge in [0.25, 0.3) is 0 Å². The van der Waals surface area contributed by atoms with E-state index in [-0.39, 0.29) is 5.41 Å². The van der Waals surface area contributed by atoms with Gasteiger partial charge in [-0.2, -0.15) is 0 Å². The van der Waals surface area contributed by atoms with E-state index >= 15 is 0 Å². The van der Waals surface area contributed by atoms with Gasteiger partial charge in [-0.1, -0.05) is 107 Å². The molecule has 0 bridgehead atoms. The maximum absolute atomic E-state index is 6.04. The Kier molecular flexibility index (Phi) is 6.71. The van der Waals surface area contributed by atoms with Crippen molar-refractivity contribution in [3.05, 3.63) is 121 Å². The average molecular weight is 408 g/mol. The molecule has 0 amide bonds. The standard InChI is InChI=1S/C29H29NO/c1-7-22-9-11-24(12-10-22)25-13-15-26(16-14-25)28(30-8-2)31-21(3)23-17-19-27(20-18-23)29(4,5)6/h7-20H,1-3H2,4-6H3. The normalized spacial score (nSPS) is 11.6. The molecule has 156 valence electrons. The summed E-state index contributed by atoms with van der Waals surface area (Å²) in [5.74, 6) is 1.01. The predicted molar refractivity (Wildman–Crippen MR) is 134 cm³/mol. The van der Waals surface area contributed by atoms with Gasteiger partial charge in [0.05, 0.1) is 0 Å². The highest BCUT2D eigenvalue weighted by atomic mass is 16.5. The molecule has 0 saturated heterocycles. The number of hydrogen-bond donors (Lipinski definition) is 0. The molecule has 0 aliphatic carbocycles. The summed E-state index contributed by atoms with van der Waals surface area (Å²) in [4.78, 5) is 4.33. The van der Waals surface area contributed by atoms with Crippen LogP contribution in [-0.4, -0.2) is 5.90 Å². The van der Waals surface area contributed by atoms with Crippen LogP contribution in [-0.2, 0) is 10.2 Å². The molecule has 0 saturated carbocycles. The predicted octanol–water partition coefficient (Wildman–Crippen LogP) is 7.87. The lowest BCUT2D eigenvalue weighted by atomic mass is 9.86. The van der Waals surface area contributed by atoms with Gasteiger partial charge in [-0.3, -0.25) is 0 Å². The second kappa shape index (κ2) is 9.44. The van der Waals surface area contributed by atoms with Crippen LogP contribution >= 0.6 is 0 Å². The number of nitrogens with zero attached hydrogens (tertiary/aromatic N) is 1. The number of rotatable bonds is 6. The minimum absolute atomic E-state index is 0.101. The Morgan fingerprint density at radius 1 is 0.774 bits per heavy atom. The third-order valence-corrected chi connectivity index (χ3v) is 5.11. The molecule has 0 fully saturated rings. The third-order valence-electron chi connectivity index (χ3n) is 5.11. The summed E-state index contributed by atoms with van der Waals surface area (Å²) in [6.07, 6.45) is 3.32. The first-order chi connectivity index (χ1) is 14.8. The fraction of sp³-hybridized carbons (Fsp3) is 0.138. The molecule has 3 aromatic carbocycles. The first-order valence-electron chi connectivity index (χ1n) is 10.3. The van der Waals surface area contributed by atoms with Crippen molar-refractivity contribution in [3.8, 4) is 11.1 Å². The third kappa shape index (κ3) is 5.49. The van der Waals surface area contributed by atoms with Gasteiger partial charge in [0.15, 0.2) is 0 Å². The highest BCUT2D eigenvalue weighted by molar-refractivity contribution is 5.98. The molecule has 0 aromatic heterocycles. The van der Waals surface area contributed by atoms with Crippen LogP contribution in [0.2, 0.25) is 0 Å². The fourth-order valence-corrected chi connectivity index (χ4v) is 3.19. The van der Waals surface area contributed by atoms with Crippen molar-refractivity contribution in [3.63, 3.8) is 0 Å². The zero-order valence-electron chi connectivity index (χ0n) is 18.6. The minimum atomic E-state index is 0.101. The van der Waals surface area contributed by atoms with Crippen LogP contribution in [0.15, 0.2) is 104 Å². The molecular formula is C29H29NO. The Bertz CT molecular complexity index is 1090. The van der Waals surface area contributed by atoms with Crippen LogP contribution in [0.5, 0.6) is 0 Å². The maximum Gasteiger partial charge on any atom is 0.226 e. The zero-order chi connectivity index (χ0) is 22.4. The molecule has 0 atom stereocenters. The van der Waals surface area contributed by atoms with Gasteiger partial charge in [0.1, 0.15) is 5.76 Å². The summed E-state index contributed by atoms with van der Waals surface area (Å²) < 4.78 is 6.04. The van der Waals surface area contributed by atoms with Crippen LogP contribution in [0.4, 0.5) is 0 Å². The smallest absolute Gasteiger partial charge is 0.226 e. The van der Waals surface area contributed by atoms with Gasteiger partial charge >= 0.3 is 0 Å². The molecule has 0 unspecified atom stereocenters. The lowest BCUT2D eigenvalue weighted by Gasteiger charge is -2.19. The van der Waals surface area contributed by atoms with Crippen molar-refractivity contribution in [2.75, 3.05) is 0 Å². The average Bonchev–Trinajstić information content (AvgIpc) is 2.78. The van der Waals surface area contributed by atoms with Gasteiger partial charge in [-0.25, -0.2) is 4.99 Å². The number of aliphatic imine (C=N–C) groups is 1. The zero-order valence-corrected chi connectivity index (χ0v) is 18.6. The summed E-state index contributed by atoms with van der Waals surface area (Å²) >= 11 is 0. The molecule has 0 spiro atoms. The molecule has 0 aliphatic rings. The number of benzene rings is 3. The summed E-state index contributed by atoms with van der Waals surface area (Å²) in [5.41, 5.74) is 6.51. The number of hydrogen-bond acceptors (Lipinski definition) is 2. The molecule has 3 aromatic rings. The van der Waals surface area contributed by atoms with Crippen molar-refractivity contribution in [1.29, 1.82) is 0 Å². The molecule has 0 radical (unpaired) electrons. The van der Waals surface area contributed by atoms with Crippen molar-refractivity contribution in [2.24, 2.45) is 4.99 Å². The van der Waals surface area contributed by atoms with Gasteiger partial charge in [0, 0.05) is 17.3 Å². The summed E-state index contributed by atoms with van der Waals surface area (Å²) in [5, 5.41) is 0. The Morgan fingerprint density at radius 3 is 1.77 bits per heavy atom. The summed E-state index contributed by atoms with van der Waals surface area (Å²) in [7, 11) is 0. The topological polar surface area (TPSA) is 21.6 Å². The van der Waals surface area contributed by atoms with Gasteiger partial charge in [0.2, 0.25) is 5.90 Å². The van der Waals surface area contributed by atoms with Crippen LogP contribution in [0.1, 0.15) is 43.0 Å². The minimum Gasteiger partial charge on any atom is -0.438 e. The van der Waals surface area contributed by atoms with Crippen LogP contribution in [0.3, 0.4) is 0 Å². The molecule has 2 nitrogen and oxygen atoms in total. The van der Waals surface area contributed by atoms with Gasteiger partial charge < -0.3 is 4.74 Å². The molecule has 0 heterocycles. The first-order valence-corrected chi connectivity index (χ1v) is 10.3. The molecule has 31 heavy (non-hydrogen) atoms. The largest absolute Gasteiger partial charge is 0.438 e. The van der Waals surface area contributed by atoms with E-state index in [9.17, 15) is 0 Å². The van der Waals surface area contributed by atoms with Crippen LogP contribution in [0, 0.1) is 0 Å². The molecule has 0 aliphatic heterocycles. The highest BCUT2D eigenvalue weighted by Crippen LogP contribution is 2.26. The van der Waals surface area contributed by atoms with Crippen LogP contribution < -0.4 is 0 Å². The summed E-state index contributed by atoms with van der Waals surface area (Å²) in [6, 6.07) is 24.7. The molecular weight excluding hydrogens is 378 g/mol. The van der Waals surface area contributed by atoms with E-state index in [4.69, 9.17) is 4.74 Å². The number of ether oxygens (including phenoxy) is 1. The second-order valence-corrected chi connectivity index (χ2v) is 8.37. The van der Waals surface area contributed by atoms with Crippen molar-refractivity contribution >= 4 is 17.7 Å². The van der Waals surface area contributed by atoms with E-state index in [1.165, 1.54) is 11.8 Å². The van der Waals surface area contributed by atoms with Crippen LogP contribution in [0.25, 0.3) is 23.0 Å². The first kappa shape index (κ1) is 22.0. The van der Waals surface area contributed by atoms with Gasteiger partial charge in [-0.05, 0) is 39.8 Å². The van der Waals surface area contributed by atoms with E-state index in [2.05, 4.69) is 94.0 Å². The lowest BCUT2D eigenvalue weighted by molar-refractivity contribution is 0.510. The van der Waals surface area contributed by atoms with E-state index in [1.807, 2.05) is 30.3 Å². The van der Waals surface area contributed by atoms with Crippen molar-refractivity contribution in [2.45, 2.75) is 26.2 Å². The quantitative estimate of drug-likeness (QED) is 0.231. The Morgan fingerprint density at radius 2 is 1.29 bits per heavy atom. The maximum atomic E-state index is 6.04. The van der Waals surface area contributed by atoms with Crippen molar-refractivity contribution in [1.82, 2.24) is 0 Å². The van der Waals surface area contributed by atoms with Crippen molar-refractivity contribution < 1.29 is 4.74 Å². The SMILES string of the molecule is C=CN=C(OC(=C)c1ccc(C(C)(C)C)cc1)c1ccc(-c2ccc(C=C)cc2)cc1. The monoisotopic (exact) mass is 407 g/mol. The van der Waals surface area contributed by atoms with E-state index < -0.39 is 0 Å². The second-order valence-electron chi connectivity index (χ2n) is 8.37.